The van der Waals surface area contributed by atoms with Gasteiger partial charge in [0.2, 0.25) is 0 Å². The molecule has 0 N–H and O–H groups in total. The van der Waals surface area contributed by atoms with Gasteiger partial charge in [-0.3, -0.25) is 10.1 Å². The number of benzene rings is 1. The average molecular weight is 401 g/mol. The molecule has 2 fully saturated rings. The molecule has 1 heterocycles. The molecule has 2 aliphatic carbocycles. The van der Waals surface area contributed by atoms with Crippen molar-refractivity contribution in [3.05, 3.63) is 44.3 Å². The van der Waals surface area contributed by atoms with Crippen LogP contribution in [0.2, 0.25) is 0 Å². The number of methoxy groups -OCH3 is 1. The number of hydrogen-bond donors (Lipinski definition) is 0. The summed E-state index contributed by atoms with van der Waals surface area (Å²) in [5.41, 5.74) is -1.41. The van der Waals surface area contributed by atoms with Crippen molar-refractivity contribution in [1.29, 1.82) is 0 Å². The predicted molar refractivity (Wildman–Crippen MR) is 104 cm³/mol. The van der Waals surface area contributed by atoms with Crippen LogP contribution >= 0.6 is 0 Å². The predicted octanol–water partition coefficient (Wildman–Crippen LogP) is 4.08. The van der Waals surface area contributed by atoms with Crippen molar-refractivity contribution in [2.75, 3.05) is 7.11 Å². The molecule has 0 aliphatic heterocycles. The van der Waals surface area contributed by atoms with Gasteiger partial charge in [-0.05, 0) is 36.7 Å². The lowest BCUT2D eigenvalue weighted by Gasteiger charge is -2.38. The monoisotopic (exact) mass is 401 g/mol. The van der Waals surface area contributed by atoms with E-state index in [1.807, 2.05) is 0 Å². The highest BCUT2D eigenvalue weighted by Gasteiger charge is 2.62. The Bertz CT molecular complexity index is 1090. The smallest absolute Gasteiger partial charge is 0.351 e. The maximum Gasteiger partial charge on any atom is 0.351 e. The highest BCUT2D eigenvalue weighted by Crippen LogP contribution is 2.66. The lowest BCUT2D eigenvalue weighted by Crippen LogP contribution is -2.38. The van der Waals surface area contributed by atoms with E-state index < -0.39 is 16.5 Å². The maximum atomic E-state index is 12.8. The Morgan fingerprint density at radius 3 is 2.55 bits per heavy atom. The van der Waals surface area contributed by atoms with Crippen molar-refractivity contribution in [1.82, 2.24) is 0 Å². The van der Waals surface area contributed by atoms with E-state index in [0.29, 0.717) is 5.92 Å². The zero-order valence-electron chi connectivity index (χ0n) is 16.8. The quantitative estimate of drug-likeness (QED) is 0.329. The third kappa shape index (κ3) is 2.73. The molecule has 2 saturated carbocycles. The summed E-state index contributed by atoms with van der Waals surface area (Å²) in [6.07, 6.45) is 2.57. The van der Waals surface area contributed by atoms with E-state index in [1.165, 1.54) is 25.3 Å². The number of fused-ring (bicyclic) bond motifs is 3. The van der Waals surface area contributed by atoms with Crippen LogP contribution in [0.3, 0.4) is 0 Å². The topological polar surface area (TPSA) is 109 Å². The molecule has 0 radical (unpaired) electrons. The second-order valence-corrected chi connectivity index (χ2v) is 8.78. The van der Waals surface area contributed by atoms with Gasteiger partial charge in [0.1, 0.15) is 11.7 Å². The highest BCUT2D eigenvalue weighted by molar-refractivity contribution is 5.95. The number of nitro groups is 1. The van der Waals surface area contributed by atoms with Gasteiger partial charge in [0.25, 0.3) is 5.69 Å². The van der Waals surface area contributed by atoms with Crippen molar-refractivity contribution >= 4 is 22.6 Å². The van der Waals surface area contributed by atoms with E-state index in [2.05, 4.69) is 20.8 Å². The van der Waals surface area contributed by atoms with E-state index >= 15 is 0 Å². The number of carbonyl (C=O) groups is 1. The summed E-state index contributed by atoms with van der Waals surface area (Å²) in [7, 11) is 1.32. The van der Waals surface area contributed by atoms with Crippen LogP contribution in [0.1, 0.15) is 50.4 Å². The van der Waals surface area contributed by atoms with Crippen LogP contribution in [0.15, 0.2) is 27.4 Å². The molecule has 4 rings (SSSR count). The van der Waals surface area contributed by atoms with Crippen LogP contribution in [0.5, 0.6) is 5.75 Å². The number of non-ortho nitro benzene ring substituents is 1. The van der Waals surface area contributed by atoms with Crippen LogP contribution in [0.4, 0.5) is 5.69 Å². The highest BCUT2D eigenvalue weighted by atomic mass is 16.6. The lowest BCUT2D eigenvalue weighted by atomic mass is 9.70. The molecule has 8 nitrogen and oxygen atoms in total. The standard InChI is InChI=1S/C21H23NO7/c1-20(2)12-5-6-21(20,3)16(9-12)28-18(23)14-8-11-7-13(22(25)26)10-15(27-4)17(11)29-19(14)24/h7-8,10,12,16H,5-6,9H2,1-4H3. The molecule has 3 atom stereocenters. The fraction of sp³-hybridized carbons (Fsp3) is 0.524. The first-order valence-electron chi connectivity index (χ1n) is 9.60. The summed E-state index contributed by atoms with van der Waals surface area (Å²) in [5, 5.41) is 11.4. The zero-order valence-corrected chi connectivity index (χ0v) is 16.8. The number of nitrogens with zero attached hydrogens (tertiary/aromatic N) is 1. The van der Waals surface area contributed by atoms with E-state index in [4.69, 9.17) is 13.9 Å². The molecule has 0 saturated heterocycles. The second-order valence-electron chi connectivity index (χ2n) is 8.78. The minimum absolute atomic E-state index is 0.0488. The van der Waals surface area contributed by atoms with Crippen LogP contribution in [0, 0.1) is 26.9 Å². The molecule has 8 heteroatoms. The Kier molecular flexibility index (Phi) is 4.22. The first-order chi connectivity index (χ1) is 13.6. The number of carbonyl (C=O) groups excluding carboxylic acids is 1. The normalized spacial score (nSPS) is 27.2. The first-order valence-corrected chi connectivity index (χ1v) is 9.60. The van der Waals surface area contributed by atoms with Gasteiger partial charge in [-0.15, -0.1) is 0 Å². The molecule has 0 amide bonds. The molecule has 2 aromatic rings. The summed E-state index contributed by atoms with van der Waals surface area (Å²) in [4.78, 5) is 35.9. The van der Waals surface area contributed by atoms with Crippen molar-refractivity contribution in [2.45, 2.75) is 46.1 Å². The minimum atomic E-state index is -0.859. The van der Waals surface area contributed by atoms with Gasteiger partial charge in [0.05, 0.1) is 18.1 Å². The van der Waals surface area contributed by atoms with Gasteiger partial charge in [-0.2, -0.15) is 0 Å². The van der Waals surface area contributed by atoms with E-state index in [1.54, 1.807) is 0 Å². The van der Waals surface area contributed by atoms with Gasteiger partial charge in [0.15, 0.2) is 11.3 Å². The van der Waals surface area contributed by atoms with Crippen molar-refractivity contribution in [3.63, 3.8) is 0 Å². The fourth-order valence-corrected chi connectivity index (χ4v) is 5.09. The summed E-state index contributed by atoms with van der Waals surface area (Å²) in [6, 6.07) is 3.68. The third-order valence-corrected chi connectivity index (χ3v) is 7.40. The maximum absolute atomic E-state index is 12.8. The Balaban J connectivity index is 1.71. The van der Waals surface area contributed by atoms with Gasteiger partial charge >= 0.3 is 11.6 Å². The number of ether oxygens (including phenoxy) is 2. The molecule has 154 valence electrons. The largest absolute Gasteiger partial charge is 0.493 e. The molecule has 1 aromatic carbocycles. The Morgan fingerprint density at radius 2 is 2.00 bits per heavy atom. The number of nitro benzene ring substituents is 1. The molecule has 3 unspecified atom stereocenters. The second kappa shape index (κ2) is 6.30. The van der Waals surface area contributed by atoms with Crippen LogP contribution < -0.4 is 10.4 Å². The van der Waals surface area contributed by atoms with Gasteiger partial charge in [-0.25, -0.2) is 9.59 Å². The fourth-order valence-electron chi connectivity index (χ4n) is 5.09. The molecule has 2 bridgehead atoms. The van der Waals surface area contributed by atoms with Crippen LogP contribution in [0.25, 0.3) is 11.0 Å². The van der Waals surface area contributed by atoms with Crippen molar-refractivity contribution < 1.29 is 23.6 Å². The van der Waals surface area contributed by atoms with E-state index in [-0.39, 0.29) is 44.9 Å². The summed E-state index contributed by atoms with van der Waals surface area (Å²) >= 11 is 0. The van der Waals surface area contributed by atoms with Gasteiger partial charge in [0, 0.05) is 16.9 Å². The summed E-state index contributed by atoms with van der Waals surface area (Å²) < 4.78 is 16.1. The number of rotatable bonds is 4. The third-order valence-electron chi connectivity index (χ3n) is 7.40. The number of esters is 1. The Hall–Kier alpha value is -2.90. The molecular weight excluding hydrogens is 378 g/mol. The molecule has 29 heavy (non-hydrogen) atoms. The SMILES string of the molecule is COc1cc([N+](=O)[O-])cc2cc(C(=O)OC3CC4CCC3(C)C4(C)C)c(=O)oc12. The molecule has 2 aliphatic rings. The van der Waals surface area contributed by atoms with E-state index in [9.17, 15) is 19.7 Å². The average Bonchev–Trinajstić information content (AvgIpc) is 3.00. The Morgan fingerprint density at radius 1 is 1.28 bits per heavy atom. The molecular formula is C21H23NO7. The van der Waals surface area contributed by atoms with Crippen molar-refractivity contribution in [2.24, 2.45) is 16.7 Å². The number of hydrogen-bond acceptors (Lipinski definition) is 7. The zero-order chi connectivity index (χ0) is 21.1. The van der Waals surface area contributed by atoms with Gasteiger partial charge < -0.3 is 13.9 Å². The molecule has 0 spiro atoms. The summed E-state index contributed by atoms with van der Waals surface area (Å²) in [6.45, 7) is 6.54. The summed E-state index contributed by atoms with van der Waals surface area (Å²) in [5.74, 6) is -0.237. The van der Waals surface area contributed by atoms with Crippen LogP contribution in [-0.2, 0) is 4.74 Å². The van der Waals surface area contributed by atoms with E-state index in [0.717, 1.165) is 19.3 Å². The lowest BCUT2D eigenvalue weighted by molar-refractivity contribution is -0.384. The van der Waals surface area contributed by atoms with Gasteiger partial charge in [-0.1, -0.05) is 20.8 Å². The first kappa shape index (κ1) is 19.4. The van der Waals surface area contributed by atoms with Crippen molar-refractivity contribution in [3.8, 4) is 5.75 Å². The van der Waals surface area contributed by atoms with Crippen LogP contribution in [-0.4, -0.2) is 24.1 Å². The Labute approximate surface area is 166 Å². The minimum Gasteiger partial charge on any atom is -0.493 e. The molecule has 1 aromatic heterocycles.